The number of nitrogens with one attached hydrogen (secondary N) is 1. The first-order valence-electron chi connectivity index (χ1n) is 4.79. The number of rotatable bonds is 5. The van der Waals surface area contributed by atoms with Crippen molar-refractivity contribution < 1.29 is 13.2 Å². The van der Waals surface area contributed by atoms with Crippen LogP contribution in [0.3, 0.4) is 0 Å². The molecule has 7 heteroatoms. The third-order valence-electron chi connectivity index (χ3n) is 2.03. The van der Waals surface area contributed by atoms with Gasteiger partial charge in [-0.15, -0.1) is 0 Å². The molecule has 92 valence electrons. The Hall–Kier alpha value is -1.62. The highest BCUT2D eigenvalue weighted by molar-refractivity contribution is 7.89. The maximum absolute atomic E-state index is 11.8. The molecule has 1 aromatic rings. The zero-order valence-electron chi connectivity index (χ0n) is 9.30. The van der Waals surface area contributed by atoms with Crippen LogP contribution in [0.5, 0.6) is 0 Å². The molecule has 1 aromatic carbocycles. The normalized spacial score (nSPS) is 11.1. The maximum Gasteiger partial charge on any atom is 0.242 e. The van der Waals surface area contributed by atoms with Crippen LogP contribution in [0.15, 0.2) is 23.1 Å². The Morgan fingerprint density at radius 1 is 1.53 bits per heavy atom. The van der Waals surface area contributed by atoms with E-state index in [4.69, 9.17) is 15.7 Å². The molecule has 0 atom stereocenters. The lowest BCUT2D eigenvalue weighted by Crippen LogP contribution is -2.27. The largest absolute Gasteiger partial charge is 0.398 e. The van der Waals surface area contributed by atoms with Crippen LogP contribution >= 0.6 is 0 Å². The van der Waals surface area contributed by atoms with Gasteiger partial charge < -0.3 is 10.5 Å². The third-order valence-corrected chi connectivity index (χ3v) is 3.56. The molecular weight excluding hydrogens is 242 g/mol. The van der Waals surface area contributed by atoms with Crippen LogP contribution in [0.25, 0.3) is 0 Å². The molecule has 3 N–H and O–H groups in total. The van der Waals surface area contributed by atoms with Gasteiger partial charge in [0.1, 0.15) is 4.90 Å². The van der Waals surface area contributed by atoms with E-state index in [2.05, 4.69) is 4.72 Å². The number of sulfonamides is 1. The lowest BCUT2D eigenvalue weighted by molar-refractivity contribution is 0.204. The first-order valence-corrected chi connectivity index (χ1v) is 6.28. The molecule has 0 aromatic heterocycles. The van der Waals surface area contributed by atoms with Crippen LogP contribution in [0.1, 0.15) is 5.56 Å². The number of nitriles is 1. The van der Waals surface area contributed by atoms with E-state index in [-0.39, 0.29) is 23.7 Å². The molecule has 0 fully saturated rings. The van der Waals surface area contributed by atoms with Crippen LogP contribution in [0.2, 0.25) is 0 Å². The monoisotopic (exact) mass is 255 g/mol. The third kappa shape index (κ3) is 3.42. The highest BCUT2D eigenvalue weighted by Gasteiger charge is 2.16. The molecule has 0 aliphatic carbocycles. The standard InChI is InChI=1S/C10H13N3O3S/c1-16-5-4-13-17(14,15)10-3-2-8(7-11)6-9(10)12/h2-3,6,13H,4-5,12H2,1H3. The Morgan fingerprint density at radius 3 is 2.76 bits per heavy atom. The van der Waals surface area contributed by atoms with Crippen LogP contribution in [0.4, 0.5) is 5.69 Å². The van der Waals surface area contributed by atoms with Gasteiger partial charge in [-0.3, -0.25) is 0 Å². The van der Waals surface area contributed by atoms with Crippen molar-refractivity contribution in [2.75, 3.05) is 26.0 Å². The van der Waals surface area contributed by atoms with Crippen molar-refractivity contribution in [3.05, 3.63) is 23.8 Å². The quantitative estimate of drug-likeness (QED) is 0.572. The molecule has 6 nitrogen and oxygen atoms in total. The van der Waals surface area contributed by atoms with Gasteiger partial charge in [-0.25, -0.2) is 13.1 Å². The predicted octanol–water partition coefficient (Wildman–Crippen LogP) is 0.0652. The highest BCUT2D eigenvalue weighted by atomic mass is 32.2. The summed E-state index contributed by atoms with van der Waals surface area (Å²) in [4.78, 5) is -0.0346. The minimum atomic E-state index is -3.65. The first-order chi connectivity index (χ1) is 8.01. The van der Waals surface area contributed by atoms with Crippen LogP contribution in [-0.4, -0.2) is 28.7 Å². The minimum absolute atomic E-state index is 0.0346. The molecule has 0 aliphatic rings. The molecule has 0 radical (unpaired) electrons. The lowest BCUT2D eigenvalue weighted by atomic mass is 10.2. The van der Waals surface area contributed by atoms with Crippen molar-refractivity contribution in [2.24, 2.45) is 0 Å². The van der Waals surface area contributed by atoms with Crippen molar-refractivity contribution in [1.82, 2.24) is 4.72 Å². The summed E-state index contributed by atoms with van der Waals surface area (Å²) in [6.45, 7) is 0.438. The average molecular weight is 255 g/mol. The molecule has 0 bridgehead atoms. The van der Waals surface area contributed by atoms with Gasteiger partial charge in [0.2, 0.25) is 10.0 Å². The van der Waals surface area contributed by atoms with E-state index in [0.29, 0.717) is 5.56 Å². The van der Waals surface area contributed by atoms with Crippen LogP contribution in [0, 0.1) is 11.3 Å². The van der Waals surface area contributed by atoms with Gasteiger partial charge in [0, 0.05) is 13.7 Å². The summed E-state index contributed by atoms with van der Waals surface area (Å²) in [7, 11) is -2.18. The van der Waals surface area contributed by atoms with Gasteiger partial charge in [-0.05, 0) is 18.2 Å². The molecular formula is C10H13N3O3S. The van der Waals surface area contributed by atoms with E-state index in [1.54, 1.807) is 0 Å². The van der Waals surface area contributed by atoms with Crippen LogP contribution in [-0.2, 0) is 14.8 Å². The second-order valence-electron chi connectivity index (χ2n) is 3.25. The molecule has 0 saturated carbocycles. The van der Waals surface area contributed by atoms with Crippen molar-refractivity contribution in [1.29, 1.82) is 5.26 Å². The van der Waals surface area contributed by atoms with Crippen molar-refractivity contribution in [3.63, 3.8) is 0 Å². The zero-order chi connectivity index (χ0) is 12.9. The SMILES string of the molecule is COCCNS(=O)(=O)c1ccc(C#N)cc1N. The Labute approximate surface area is 100 Å². The van der Waals surface area contributed by atoms with Gasteiger partial charge in [-0.2, -0.15) is 5.26 Å². The summed E-state index contributed by atoms with van der Waals surface area (Å²) in [5.41, 5.74) is 5.95. The van der Waals surface area contributed by atoms with Crippen LogP contribution < -0.4 is 10.5 Å². The number of anilines is 1. The summed E-state index contributed by atoms with van der Waals surface area (Å²) >= 11 is 0. The fourth-order valence-corrected chi connectivity index (χ4v) is 2.34. The second kappa shape index (κ2) is 5.63. The van der Waals surface area contributed by atoms with E-state index in [1.807, 2.05) is 6.07 Å². The van der Waals surface area contributed by atoms with Gasteiger partial charge >= 0.3 is 0 Å². The topological polar surface area (TPSA) is 105 Å². The van der Waals surface area contributed by atoms with Gasteiger partial charge in [0.05, 0.1) is 23.9 Å². The number of nitrogens with zero attached hydrogens (tertiary/aromatic N) is 1. The molecule has 0 aliphatic heterocycles. The highest BCUT2D eigenvalue weighted by Crippen LogP contribution is 2.18. The van der Waals surface area contributed by atoms with Crippen molar-refractivity contribution >= 4 is 15.7 Å². The lowest BCUT2D eigenvalue weighted by Gasteiger charge is -2.08. The summed E-state index contributed by atoms with van der Waals surface area (Å²) in [6, 6.07) is 5.92. The first kappa shape index (κ1) is 13.4. The Kier molecular flexibility index (Phi) is 4.45. The number of nitrogens with two attached hydrogens (primary N) is 1. The molecule has 0 heterocycles. The number of hydrogen-bond acceptors (Lipinski definition) is 5. The van der Waals surface area contributed by atoms with Gasteiger partial charge in [0.15, 0.2) is 0 Å². The Bertz CT molecular complexity index is 534. The fourth-order valence-electron chi connectivity index (χ4n) is 1.22. The number of ether oxygens (including phenoxy) is 1. The number of hydrogen-bond donors (Lipinski definition) is 2. The van der Waals surface area contributed by atoms with E-state index in [1.165, 1.54) is 25.3 Å². The van der Waals surface area contributed by atoms with E-state index >= 15 is 0 Å². The molecule has 0 saturated heterocycles. The maximum atomic E-state index is 11.8. The van der Waals surface area contributed by atoms with Crippen molar-refractivity contribution in [2.45, 2.75) is 4.90 Å². The molecule has 17 heavy (non-hydrogen) atoms. The predicted molar refractivity (Wildman–Crippen MR) is 62.6 cm³/mol. The van der Waals surface area contributed by atoms with E-state index < -0.39 is 10.0 Å². The van der Waals surface area contributed by atoms with E-state index in [0.717, 1.165) is 0 Å². The summed E-state index contributed by atoms with van der Waals surface area (Å²) in [5, 5.41) is 8.64. The van der Waals surface area contributed by atoms with Gasteiger partial charge in [-0.1, -0.05) is 0 Å². The number of nitrogen functional groups attached to an aromatic ring is 1. The number of methoxy groups -OCH3 is 1. The Balaban J connectivity index is 2.96. The average Bonchev–Trinajstić information content (AvgIpc) is 2.28. The van der Waals surface area contributed by atoms with Crippen molar-refractivity contribution in [3.8, 4) is 6.07 Å². The van der Waals surface area contributed by atoms with Gasteiger partial charge in [0.25, 0.3) is 0 Å². The smallest absolute Gasteiger partial charge is 0.242 e. The molecule has 1 rings (SSSR count). The second-order valence-corrected chi connectivity index (χ2v) is 4.99. The fraction of sp³-hybridized carbons (Fsp3) is 0.300. The summed E-state index contributed by atoms with van der Waals surface area (Å²) in [5.74, 6) is 0. The molecule has 0 unspecified atom stereocenters. The molecule has 0 amide bonds. The summed E-state index contributed by atoms with van der Waals surface area (Å²) in [6.07, 6.45) is 0. The molecule has 0 spiro atoms. The minimum Gasteiger partial charge on any atom is -0.398 e. The summed E-state index contributed by atoms with van der Waals surface area (Å²) < 4.78 is 30.7. The zero-order valence-corrected chi connectivity index (χ0v) is 10.1. The van der Waals surface area contributed by atoms with E-state index in [9.17, 15) is 8.42 Å². The Morgan fingerprint density at radius 2 is 2.24 bits per heavy atom. The number of benzene rings is 1.